The van der Waals surface area contributed by atoms with E-state index in [1.54, 1.807) is 0 Å². The molecule has 2 rings (SSSR count). The Balaban J connectivity index is 1.66. The van der Waals surface area contributed by atoms with E-state index in [-0.39, 0.29) is 0 Å². The van der Waals surface area contributed by atoms with Gasteiger partial charge in [-0.15, -0.1) is 0 Å². The molecule has 0 amide bonds. The molecule has 0 unspecified atom stereocenters. The lowest BCUT2D eigenvalue weighted by Gasteiger charge is -2.26. The van der Waals surface area contributed by atoms with Crippen molar-refractivity contribution in [2.75, 3.05) is 6.61 Å². The number of ether oxygens (including phenoxy) is 1. The quantitative estimate of drug-likeness (QED) is 0.626. The lowest BCUT2D eigenvalue weighted by molar-refractivity contribution is 0.273. The van der Waals surface area contributed by atoms with Gasteiger partial charge in [0.05, 0.1) is 6.61 Å². The van der Waals surface area contributed by atoms with Crippen molar-refractivity contribution in [1.29, 1.82) is 0 Å². The fraction of sp³-hybridized carbons (Fsp3) is 0.684. The average Bonchev–Trinajstić information content (AvgIpc) is 2.48. The molecular weight excluding hydrogens is 244 g/mol. The van der Waals surface area contributed by atoms with Crippen LogP contribution >= 0.6 is 0 Å². The van der Waals surface area contributed by atoms with Crippen molar-refractivity contribution in [3.8, 4) is 5.75 Å². The largest absolute Gasteiger partial charge is 0.494 e. The molecule has 1 aromatic carbocycles. The van der Waals surface area contributed by atoms with E-state index in [1.165, 1.54) is 50.5 Å². The molecule has 0 radical (unpaired) electrons. The summed E-state index contributed by atoms with van der Waals surface area (Å²) in [5, 5.41) is 0. The van der Waals surface area contributed by atoms with Crippen molar-refractivity contribution in [3.05, 3.63) is 29.8 Å². The van der Waals surface area contributed by atoms with E-state index in [4.69, 9.17) is 4.74 Å². The Labute approximate surface area is 124 Å². The second-order valence-corrected chi connectivity index (χ2v) is 6.51. The first-order valence-electron chi connectivity index (χ1n) is 8.49. The van der Waals surface area contributed by atoms with Gasteiger partial charge in [0, 0.05) is 0 Å². The first-order chi connectivity index (χ1) is 9.78. The molecule has 0 N–H and O–H groups in total. The van der Waals surface area contributed by atoms with Crippen LogP contribution < -0.4 is 4.74 Å². The molecule has 20 heavy (non-hydrogen) atoms. The maximum Gasteiger partial charge on any atom is 0.119 e. The van der Waals surface area contributed by atoms with Crippen LogP contribution in [-0.4, -0.2) is 6.61 Å². The summed E-state index contributed by atoms with van der Waals surface area (Å²) in [6, 6.07) is 8.70. The van der Waals surface area contributed by atoms with Crippen molar-refractivity contribution in [3.63, 3.8) is 0 Å². The zero-order chi connectivity index (χ0) is 14.2. The predicted molar refractivity (Wildman–Crippen MR) is 86.3 cm³/mol. The summed E-state index contributed by atoms with van der Waals surface area (Å²) in [6.07, 6.45) is 10.9. The number of benzene rings is 1. The second-order valence-electron chi connectivity index (χ2n) is 6.51. The Morgan fingerprint density at radius 1 is 1.05 bits per heavy atom. The molecule has 1 nitrogen and oxygen atoms in total. The third kappa shape index (κ3) is 5.19. The van der Waals surface area contributed by atoms with Gasteiger partial charge in [0.15, 0.2) is 0 Å². The Morgan fingerprint density at radius 3 is 2.40 bits per heavy atom. The van der Waals surface area contributed by atoms with Crippen LogP contribution in [-0.2, 0) is 6.42 Å². The third-order valence-electron chi connectivity index (χ3n) is 4.61. The maximum absolute atomic E-state index is 5.62. The summed E-state index contributed by atoms with van der Waals surface area (Å²) in [5.41, 5.74) is 1.46. The molecule has 0 aromatic heterocycles. The summed E-state index contributed by atoms with van der Waals surface area (Å²) in [5.74, 6) is 2.98. The first kappa shape index (κ1) is 15.4. The van der Waals surface area contributed by atoms with Crippen LogP contribution in [0.1, 0.15) is 64.4 Å². The Bertz CT molecular complexity index is 360. The van der Waals surface area contributed by atoms with Crippen LogP contribution in [0, 0.1) is 11.8 Å². The molecule has 0 spiro atoms. The first-order valence-corrected chi connectivity index (χ1v) is 8.49. The highest BCUT2D eigenvalue weighted by Crippen LogP contribution is 2.31. The lowest BCUT2D eigenvalue weighted by atomic mass is 9.80. The van der Waals surface area contributed by atoms with Crippen LogP contribution in [0.15, 0.2) is 24.3 Å². The molecule has 0 saturated heterocycles. The lowest BCUT2D eigenvalue weighted by Crippen LogP contribution is -2.12. The van der Waals surface area contributed by atoms with Crippen molar-refractivity contribution in [2.45, 2.75) is 65.2 Å². The molecule has 0 atom stereocenters. The van der Waals surface area contributed by atoms with E-state index in [1.807, 2.05) is 0 Å². The van der Waals surface area contributed by atoms with Gasteiger partial charge < -0.3 is 4.74 Å². The van der Waals surface area contributed by atoms with E-state index >= 15 is 0 Å². The fourth-order valence-electron chi connectivity index (χ4n) is 3.18. The van der Waals surface area contributed by atoms with Gasteiger partial charge in [-0.05, 0) is 48.8 Å². The summed E-state index contributed by atoms with van der Waals surface area (Å²) in [6.45, 7) is 5.36. The fourth-order valence-corrected chi connectivity index (χ4v) is 3.18. The summed E-state index contributed by atoms with van der Waals surface area (Å²) in [7, 11) is 0. The van der Waals surface area contributed by atoms with Gasteiger partial charge in [-0.1, -0.05) is 58.1 Å². The van der Waals surface area contributed by atoms with Crippen molar-refractivity contribution in [2.24, 2.45) is 11.8 Å². The van der Waals surface area contributed by atoms with Crippen molar-refractivity contribution < 1.29 is 4.74 Å². The van der Waals surface area contributed by atoms with Crippen LogP contribution in [0.5, 0.6) is 5.75 Å². The van der Waals surface area contributed by atoms with Crippen molar-refractivity contribution in [1.82, 2.24) is 0 Å². The van der Waals surface area contributed by atoms with Crippen LogP contribution in [0.4, 0.5) is 0 Å². The molecule has 1 aliphatic carbocycles. The predicted octanol–water partition coefficient (Wildman–Crippen LogP) is 5.62. The van der Waals surface area contributed by atoms with E-state index in [0.717, 1.165) is 30.6 Å². The topological polar surface area (TPSA) is 9.23 Å². The summed E-state index contributed by atoms with van der Waals surface area (Å²) >= 11 is 0. The van der Waals surface area contributed by atoms with Crippen LogP contribution in [0.2, 0.25) is 0 Å². The van der Waals surface area contributed by atoms with E-state index in [9.17, 15) is 0 Å². The highest BCUT2D eigenvalue weighted by molar-refractivity contribution is 5.27. The minimum absolute atomic E-state index is 0.819. The van der Waals surface area contributed by atoms with Gasteiger partial charge in [-0.25, -0.2) is 0 Å². The van der Waals surface area contributed by atoms with Gasteiger partial charge >= 0.3 is 0 Å². The average molecular weight is 274 g/mol. The molecular formula is C19H30O. The van der Waals surface area contributed by atoms with Gasteiger partial charge in [0.25, 0.3) is 0 Å². The van der Waals surface area contributed by atoms with Crippen LogP contribution in [0.3, 0.4) is 0 Å². The van der Waals surface area contributed by atoms with Gasteiger partial charge in [0.2, 0.25) is 0 Å². The van der Waals surface area contributed by atoms with Gasteiger partial charge in [0.1, 0.15) is 5.75 Å². The minimum Gasteiger partial charge on any atom is -0.494 e. The van der Waals surface area contributed by atoms with Crippen LogP contribution in [0.25, 0.3) is 0 Å². The molecule has 112 valence electrons. The molecule has 1 heteroatoms. The van der Waals surface area contributed by atoms with Gasteiger partial charge in [-0.2, -0.15) is 0 Å². The Hall–Kier alpha value is -0.980. The number of hydrogen-bond donors (Lipinski definition) is 0. The zero-order valence-corrected chi connectivity index (χ0v) is 13.2. The number of hydrogen-bond acceptors (Lipinski definition) is 1. The Kier molecular flexibility index (Phi) is 6.42. The normalized spacial score (nSPS) is 22.7. The monoisotopic (exact) mass is 274 g/mol. The number of aryl methyl sites for hydroxylation is 1. The SMILES string of the molecule is CCCOc1ccc(CCCC2CCC(C)CC2)cc1. The highest BCUT2D eigenvalue weighted by atomic mass is 16.5. The standard InChI is InChI=1S/C19H30O/c1-3-15-20-19-13-11-18(12-14-19)6-4-5-17-9-7-16(2)8-10-17/h11-14,16-17H,3-10,15H2,1-2H3. The molecule has 1 saturated carbocycles. The highest BCUT2D eigenvalue weighted by Gasteiger charge is 2.17. The van der Waals surface area contributed by atoms with E-state index in [0.29, 0.717) is 0 Å². The molecule has 1 fully saturated rings. The molecule has 1 aliphatic rings. The summed E-state index contributed by atoms with van der Waals surface area (Å²) < 4.78 is 5.62. The molecule has 0 aliphatic heterocycles. The second kappa shape index (κ2) is 8.34. The Morgan fingerprint density at radius 2 is 1.75 bits per heavy atom. The smallest absolute Gasteiger partial charge is 0.119 e. The molecule has 1 aromatic rings. The summed E-state index contributed by atoms with van der Waals surface area (Å²) in [4.78, 5) is 0. The number of rotatable bonds is 7. The van der Waals surface area contributed by atoms with Gasteiger partial charge in [-0.3, -0.25) is 0 Å². The minimum atomic E-state index is 0.819. The van der Waals surface area contributed by atoms with E-state index in [2.05, 4.69) is 38.1 Å². The molecule has 0 bridgehead atoms. The van der Waals surface area contributed by atoms with Crippen molar-refractivity contribution >= 4 is 0 Å². The molecule has 0 heterocycles. The maximum atomic E-state index is 5.62. The zero-order valence-electron chi connectivity index (χ0n) is 13.2. The third-order valence-corrected chi connectivity index (χ3v) is 4.61. The van der Waals surface area contributed by atoms with E-state index < -0.39 is 0 Å².